The van der Waals surface area contributed by atoms with E-state index >= 15 is 0 Å². The average molecular weight is 267 g/mol. The maximum atomic E-state index is 10.8. The molecule has 7 heteroatoms. The lowest BCUT2D eigenvalue weighted by Gasteiger charge is -2.04. The standard InChI is InChI=1S/C11H11ClN4O2/c1-6-8(3-10(17)18)7(2)16(15-6)11-9(12)4-13-5-14-11/h4-5H,3H2,1-2H3,(H,17,18). The van der Waals surface area contributed by atoms with Crippen molar-refractivity contribution in [1.82, 2.24) is 19.7 Å². The van der Waals surface area contributed by atoms with Gasteiger partial charge in [0.15, 0.2) is 5.82 Å². The highest BCUT2D eigenvalue weighted by Gasteiger charge is 2.17. The summed E-state index contributed by atoms with van der Waals surface area (Å²) >= 11 is 6.00. The summed E-state index contributed by atoms with van der Waals surface area (Å²) in [6.45, 7) is 3.55. The first kappa shape index (κ1) is 12.5. The molecule has 0 bridgehead atoms. The lowest BCUT2D eigenvalue weighted by atomic mass is 10.1. The highest BCUT2D eigenvalue weighted by Crippen LogP contribution is 2.21. The summed E-state index contributed by atoms with van der Waals surface area (Å²) in [7, 11) is 0. The predicted octanol–water partition coefficient (Wildman–Crippen LogP) is 1.56. The molecule has 0 saturated carbocycles. The number of carboxylic acids is 1. The first-order valence-electron chi connectivity index (χ1n) is 5.23. The van der Waals surface area contributed by atoms with Gasteiger partial charge in [0, 0.05) is 11.3 Å². The van der Waals surface area contributed by atoms with Gasteiger partial charge in [0.2, 0.25) is 0 Å². The normalized spacial score (nSPS) is 10.6. The summed E-state index contributed by atoms with van der Waals surface area (Å²) in [6, 6.07) is 0. The van der Waals surface area contributed by atoms with E-state index in [1.807, 2.05) is 0 Å². The molecule has 18 heavy (non-hydrogen) atoms. The fraction of sp³-hybridized carbons (Fsp3) is 0.273. The van der Waals surface area contributed by atoms with E-state index in [4.69, 9.17) is 16.7 Å². The Labute approximate surface area is 108 Å². The largest absolute Gasteiger partial charge is 0.481 e. The molecule has 0 atom stereocenters. The van der Waals surface area contributed by atoms with Gasteiger partial charge in [-0.25, -0.2) is 14.6 Å². The highest BCUT2D eigenvalue weighted by molar-refractivity contribution is 6.32. The van der Waals surface area contributed by atoms with Gasteiger partial charge in [0.1, 0.15) is 11.3 Å². The second kappa shape index (κ2) is 4.73. The third-order valence-electron chi connectivity index (χ3n) is 2.62. The van der Waals surface area contributed by atoms with Gasteiger partial charge in [-0.15, -0.1) is 0 Å². The van der Waals surface area contributed by atoms with Crippen LogP contribution in [0.4, 0.5) is 0 Å². The van der Waals surface area contributed by atoms with Crippen molar-refractivity contribution in [2.75, 3.05) is 0 Å². The van der Waals surface area contributed by atoms with Crippen LogP contribution in [0.3, 0.4) is 0 Å². The molecule has 0 aliphatic carbocycles. The molecular weight excluding hydrogens is 256 g/mol. The first-order chi connectivity index (χ1) is 8.50. The molecule has 2 heterocycles. The van der Waals surface area contributed by atoms with Gasteiger partial charge in [-0.1, -0.05) is 11.6 Å². The SMILES string of the molecule is Cc1nn(-c2ncncc2Cl)c(C)c1CC(=O)O. The zero-order chi connectivity index (χ0) is 13.3. The molecule has 0 unspecified atom stereocenters. The second-order valence-corrected chi connectivity index (χ2v) is 4.23. The van der Waals surface area contributed by atoms with Crippen molar-refractivity contribution in [3.05, 3.63) is 34.5 Å². The van der Waals surface area contributed by atoms with Gasteiger partial charge < -0.3 is 5.11 Å². The van der Waals surface area contributed by atoms with E-state index < -0.39 is 5.97 Å². The number of nitrogens with zero attached hydrogens (tertiary/aromatic N) is 4. The Morgan fingerprint density at radius 3 is 2.83 bits per heavy atom. The Morgan fingerprint density at radius 2 is 2.22 bits per heavy atom. The van der Waals surface area contributed by atoms with Crippen molar-refractivity contribution in [3.63, 3.8) is 0 Å². The fourth-order valence-corrected chi connectivity index (χ4v) is 1.94. The van der Waals surface area contributed by atoms with Crippen LogP contribution in [0.2, 0.25) is 5.02 Å². The summed E-state index contributed by atoms with van der Waals surface area (Å²) in [4.78, 5) is 18.6. The van der Waals surface area contributed by atoms with Crippen molar-refractivity contribution >= 4 is 17.6 Å². The third-order valence-corrected chi connectivity index (χ3v) is 2.88. The topological polar surface area (TPSA) is 80.9 Å². The van der Waals surface area contributed by atoms with Crippen molar-refractivity contribution in [2.24, 2.45) is 0 Å². The molecule has 94 valence electrons. The van der Waals surface area contributed by atoms with Crippen LogP contribution in [-0.4, -0.2) is 30.8 Å². The Hall–Kier alpha value is -1.95. The highest BCUT2D eigenvalue weighted by atomic mass is 35.5. The number of aryl methyl sites for hydroxylation is 1. The minimum Gasteiger partial charge on any atom is -0.481 e. The lowest BCUT2D eigenvalue weighted by Crippen LogP contribution is -2.05. The molecule has 2 aromatic heterocycles. The number of hydrogen-bond donors (Lipinski definition) is 1. The van der Waals surface area contributed by atoms with E-state index in [0.717, 1.165) is 5.69 Å². The van der Waals surface area contributed by atoms with Gasteiger partial charge in [-0.3, -0.25) is 4.79 Å². The van der Waals surface area contributed by atoms with Crippen LogP contribution < -0.4 is 0 Å². The molecule has 0 amide bonds. The molecule has 0 fully saturated rings. The van der Waals surface area contributed by atoms with Gasteiger partial charge in [0.05, 0.1) is 18.3 Å². The molecule has 0 aromatic carbocycles. The number of rotatable bonds is 3. The van der Waals surface area contributed by atoms with E-state index in [-0.39, 0.29) is 6.42 Å². The van der Waals surface area contributed by atoms with Crippen LogP contribution in [0.1, 0.15) is 17.0 Å². The van der Waals surface area contributed by atoms with Crippen LogP contribution in [0.25, 0.3) is 5.82 Å². The molecule has 0 saturated heterocycles. The molecule has 1 N–H and O–H groups in total. The van der Waals surface area contributed by atoms with E-state index in [0.29, 0.717) is 22.1 Å². The molecule has 0 aliphatic rings. The zero-order valence-corrected chi connectivity index (χ0v) is 10.6. The van der Waals surface area contributed by atoms with Crippen LogP contribution in [0.5, 0.6) is 0 Å². The number of halogens is 1. The molecule has 0 aliphatic heterocycles. The number of hydrogen-bond acceptors (Lipinski definition) is 4. The van der Waals surface area contributed by atoms with Crippen molar-refractivity contribution in [2.45, 2.75) is 20.3 Å². The van der Waals surface area contributed by atoms with Crippen molar-refractivity contribution in [1.29, 1.82) is 0 Å². The van der Waals surface area contributed by atoms with E-state index in [9.17, 15) is 4.79 Å². The van der Waals surface area contributed by atoms with Crippen LogP contribution in [0, 0.1) is 13.8 Å². The zero-order valence-electron chi connectivity index (χ0n) is 9.88. The smallest absolute Gasteiger partial charge is 0.307 e. The van der Waals surface area contributed by atoms with E-state index in [1.54, 1.807) is 13.8 Å². The Balaban J connectivity index is 2.54. The maximum absolute atomic E-state index is 10.8. The lowest BCUT2D eigenvalue weighted by molar-refractivity contribution is -0.136. The number of carboxylic acid groups (broad SMARTS) is 1. The maximum Gasteiger partial charge on any atom is 0.307 e. The van der Waals surface area contributed by atoms with Crippen molar-refractivity contribution in [3.8, 4) is 5.82 Å². The van der Waals surface area contributed by atoms with Crippen LogP contribution >= 0.6 is 11.6 Å². The quantitative estimate of drug-likeness (QED) is 0.912. The summed E-state index contributed by atoms with van der Waals surface area (Å²) in [5, 5.41) is 13.5. The minimum atomic E-state index is -0.894. The van der Waals surface area contributed by atoms with Gasteiger partial charge in [0.25, 0.3) is 0 Å². The van der Waals surface area contributed by atoms with Crippen LogP contribution in [0.15, 0.2) is 12.5 Å². The Morgan fingerprint density at radius 1 is 1.50 bits per heavy atom. The molecule has 2 aromatic rings. The molecule has 0 spiro atoms. The van der Waals surface area contributed by atoms with Crippen LogP contribution in [-0.2, 0) is 11.2 Å². The molecule has 2 rings (SSSR count). The monoisotopic (exact) mass is 266 g/mol. The van der Waals surface area contributed by atoms with Crippen molar-refractivity contribution < 1.29 is 9.90 Å². The first-order valence-corrected chi connectivity index (χ1v) is 5.61. The summed E-state index contributed by atoms with van der Waals surface area (Å²) < 4.78 is 1.54. The molecule has 0 radical (unpaired) electrons. The fourth-order valence-electron chi connectivity index (χ4n) is 1.75. The van der Waals surface area contributed by atoms with Gasteiger partial charge in [-0.2, -0.15) is 5.10 Å². The average Bonchev–Trinajstić information content (AvgIpc) is 2.57. The van der Waals surface area contributed by atoms with E-state index in [2.05, 4.69) is 15.1 Å². The van der Waals surface area contributed by atoms with Gasteiger partial charge in [-0.05, 0) is 13.8 Å². The van der Waals surface area contributed by atoms with E-state index in [1.165, 1.54) is 17.2 Å². The number of aliphatic carboxylic acids is 1. The Bertz CT molecular complexity index is 609. The summed E-state index contributed by atoms with van der Waals surface area (Å²) in [5.41, 5.74) is 2.05. The molecular formula is C11H11ClN4O2. The second-order valence-electron chi connectivity index (χ2n) is 3.83. The van der Waals surface area contributed by atoms with Gasteiger partial charge >= 0.3 is 5.97 Å². The molecule has 6 nitrogen and oxygen atoms in total. The minimum absolute atomic E-state index is 0.0691. The number of aromatic nitrogens is 4. The summed E-state index contributed by atoms with van der Waals surface area (Å²) in [5.74, 6) is -0.446. The summed E-state index contributed by atoms with van der Waals surface area (Å²) in [6.07, 6.45) is 2.77. The third kappa shape index (κ3) is 2.19. The Kier molecular flexibility index (Phi) is 3.29. The predicted molar refractivity (Wildman–Crippen MR) is 65.0 cm³/mol. The number of carbonyl (C=O) groups is 1.